The van der Waals surface area contributed by atoms with E-state index in [0.29, 0.717) is 0 Å². The highest BCUT2D eigenvalue weighted by Gasteiger charge is 2.40. The van der Waals surface area contributed by atoms with Crippen LogP contribution in [0.2, 0.25) is 5.02 Å². The molecule has 0 saturated carbocycles. The molecular weight excluding hydrogens is 207 g/mol. The molecule has 13 heavy (non-hydrogen) atoms. The molecule has 0 unspecified atom stereocenters. The summed E-state index contributed by atoms with van der Waals surface area (Å²) in [5.74, 6) is 0. The molecule has 2 nitrogen and oxygen atoms in total. The molecule has 0 aliphatic carbocycles. The maximum Gasteiger partial charge on any atom is 0.420 e. The molecule has 1 atom stereocenters. The Morgan fingerprint density at radius 3 is 2.38 bits per heavy atom. The lowest BCUT2D eigenvalue weighted by Crippen LogP contribution is -2.21. The van der Waals surface area contributed by atoms with Crippen LogP contribution >= 0.6 is 11.6 Å². The van der Waals surface area contributed by atoms with Crippen molar-refractivity contribution in [1.29, 1.82) is 0 Å². The number of aromatic nitrogens is 1. The van der Waals surface area contributed by atoms with Gasteiger partial charge in [0.05, 0.1) is 10.7 Å². The van der Waals surface area contributed by atoms with E-state index in [1.807, 2.05) is 0 Å². The van der Waals surface area contributed by atoms with E-state index in [-0.39, 0.29) is 5.02 Å². The third-order valence-corrected chi connectivity index (χ3v) is 1.56. The van der Waals surface area contributed by atoms with Crippen molar-refractivity contribution < 1.29 is 18.3 Å². The number of halogens is 4. The van der Waals surface area contributed by atoms with Gasteiger partial charge in [-0.05, 0) is 12.1 Å². The van der Waals surface area contributed by atoms with E-state index in [1.54, 1.807) is 0 Å². The van der Waals surface area contributed by atoms with Crippen molar-refractivity contribution >= 4 is 11.6 Å². The molecule has 1 rings (SSSR count). The van der Waals surface area contributed by atoms with Gasteiger partial charge in [0.25, 0.3) is 0 Å². The number of hydrogen-bond acceptors (Lipinski definition) is 2. The summed E-state index contributed by atoms with van der Waals surface area (Å²) >= 11 is 5.41. The fraction of sp³-hybridized carbons (Fsp3) is 0.286. The second-order valence-electron chi connectivity index (χ2n) is 2.35. The highest BCUT2D eigenvalue weighted by atomic mass is 35.5. The second-order valence-corrected chi connectivity index (χ2v) is 2.78. The third kappa shape index (κ3) is 2.57. The van der Waals surface area contributed by atoms with Crippen LogP contribution in [-0.4, -0.2) is 16.3 Å². The summed E-state index contributed by atoms with van der Waals surface area (Å²) in [4.78, 5) is 3.34. The minimum Gasteiger partial charge on any atom is -0.378 e. The summed E-state index contributed by atoms with van der Waals surface area (Å²) in [6.07, 6.45) is -6.20. The SMILES string of the molecule is O[C@@H](c1ccc(Cl)cn1)C(F)(F)F. The average Bonchev–Trinajstić information content (AvgIpc) is 2.03. The molecule has 0 spiro atoms. The minimum absolute atomic E-state index is 0.220. The van der Waals surface area contributed by atoms with Gasteiger partial charge in [0.15, 0.2) is 6.10 Å². The molecule has 0 aromatic carbocycles. The highest BCUT2D eigenvalue weighted by Crippen LogP contribution is 2.31. The smallest absolute Gasteiger partial charge is 0.378 e. The van der Waals surface area contributed by atoms with Crippen molar-refractivity contribution in [2.45, 2.75) is 12.3 Å². The molecule has 0 bridgehead atoms. The van der Waals surface area contributed by atoms with E-state index < -0.39 is 18.0 Å². The van der Waals surface area contributed by atoms with Gasteiger partial charge in [-0.2, -0.15) is 13.2 Å². The summed E-state index contributed by atoms with van der Waals surface area (Å²) in [5, 5.41) is 8.94. The van der Waals surface area contributed by atoms with Crippen LogP contribution in [0.15, 0.2) is 18.3 Å². The van der Waals surface area contributed by atoms with Crippen molar-refractivity contribution in [3.8, 4) is 0 Å². The van der Waals surface area contributed by atoms with Crippen molar-refractivity contribution in [2.75, 3.05) is 0 Å². The van der Waals surface area contributed by atoms with E-state index in [1.165, 1.54) is 6.07 Å². The van der Waals surface area contributed by atoms with E-state index >= 15 is 0 Å². The van der Waals surface area contributed by atoms with E-state index in [0.717, 1.165) is 12.3 Å². The van der Waals surface area contributed by atoms with Gasteiger partial charge in [0, 0.05) is 6.20 Å². The lowest BCUT2D eigenvalue weighted by molar-refractivity contribution is -0.207. The number of aliphatic hydroxyl groups is 1. The molecule has 1 aromatic heterocycles. The van der Waals surface area contributed by atoms with Crippen LogP contribution in [0.3, 0.4) is 0 Å². The molecule has 0 aliphatic heterocycles. The highest BCUT2D eigenvalue weighted by molar-refractivity contribution is 6.30. The van der Waals surface area contributed by atoms with Crippen LogP contribution in [0.4, 0.5) is 13.2 Å². The molecule has 0 saturated heterocycles. The lowest BCUT2D eigenvalue weighted by atomic mass is 10.2. The van der Waals surface area contributed by atoms with Gasteiger partial charge in [0.2, 0.25) is 0 Å². The predicted octanol–water partition coefficient (Wildman–Crippen LogP) is 2.33. The van der Waals surface area contributed by atoms with Gasteiger partial charge in [-0.3, -0.25) is 4.98 Å². The maximum absolute atomic E-state index is 11.9. The van der Waals surface area contributed by atoms with Crippen molar-refractivity contribution in [1.82, 2.24) is 4.98 Å². The zero-order valence-corrected chi connectivity index (χ0v) is 6.97. The molecular formula is C7H5ClF3NO. The van der Waals surface area contributed by atoms with Gasteiger partial charge in [-0.25, -0.2) is 0 Å². The normalized spacial score (nSPS) is 14.2. The molecule has 1 heterocycles. The van der Waals surface area contributed by atoms with Crippen molar-refractivity contribution in [3.05, 3.63) is 29.0 Å². The van der Waals surface area contributed by atoms with Crippen molar-refractivity contribution in [3.63, 3.8) is 0 Å². The number of pyridine rings is 1. The van der Waals surface area contributed by atoms with E-state index in [2.05, 4.69) is 4.98 Å². The predicted molar refractivity (Wildman–Crippen MR) is 40.3 cm³/mol. The topological polar surface area (TPSA) is 33.1 Å². The van der Waals surface area contributed by atoms with Gasteiger partial charge in [0.1, 0.15) is 0 Å². The van der Waals surface area contributed by atoms with Crippen LogP contribution in [0.1, 0.15) is 11.8 Å². The molecule has 0 fully saturated rings. The maximum atomic E-state index is 11.9. The van der Waals surface area contributed by atoms with Gasteiger partial charge >= 0.3 is 6.18 Å². The molecule has 1 N–H and O–H groups in total. The molecule has 0 radical (unpaired) electrons. The van der Waals surface area contributed by atoms with Crippen LogP contribution in [0.5, 0.6) is 0 Å². The second kappa shape index (κ2) is 3.51. The van der Waals surface area contributed by atoms with Crippen LogP contribution in [0.25, 0.3) is 0 Å². The molecule has 1 aromatic rings. The Morgan fingerprint density at radius 2 is 2.00 bits per heavy atom. The average molecular weight is 212 g/mol. The zero-order chi connectivity index (χ0) is 10.1. The molecule has 72 valence electrons. The largest absolute Gasteiger partial charge is 0.420 e. The van der Waals surface area contributed by atoms with Crippen molar-refractivity contribution in [2.24, 2.45) is 0 Å². The van der Waals surface area contributed by atoms with Gasteiger partial charge < -0.3 is 5.11 Å². The Balaban J connectivity index is 2.90. The number of aliphatic hydroxyl groups excluding tert-OH is 1. The molecule has 0 amide bonds. The first kappa shape index (κ1) is 10.3. The summed E-state index contributed by atoms with van der Waals surface area (Å²) in [6, 6.07) is 2.26. The molecule has 6 heteroatoms. The van der Waals surface area contributed by atoms with Crippen LogP contribution < -0.4 is 0 Å². The summed E-state index contributed by atoms with van der Waals surface area (Å²) in [5.41, 5.74) is -0.461. The fourth-order valence-electron chi connectivity index (χ4n) is 0.717. The quantitative estimate of drug-likeness (QED) is 0.774. The minimum atomic E-state index is -4.69. The Kier molecular flexibility index (Phi) is 2.77. The standard InChI is InChI=1S/C7H5ClF3NO/c8-4-1-2-5(12-3-4)6(13)7(9,10)11/h1-3,6,13H/t6-/m0/s1. The van der Waals surface area contributed by atoms with Crippen LogP contribution in [0, 0.1) is 0 Å². The number of hydrogen-bond donors (Lipinski definition) is 1. The number of alkyl halides is 3. The summed E-state index contributed by atoms with van der Waals surface area (Å²) in [7, 11) is 0. The number of nitrogens with zero attached hydrogens (tertiary/aromatic N) is 1. The van der Waals surface area contributed by atoms with Crippen LogP contribution in [-0.2, 0) is 0 Å². The Bertz CT molecular complexity index is 285. The Labute approximate surface area is 77.0 Å². The Morgan fingerprint density at radius 1 is 1.38 bits per heavy atom. The first-order valence-corrected chi connectivity index (χ1v) is 3.65. The zero-order valence-electron chi connectivity index (χ0n) is 6.22. The van der Waals surface area contributed by atoms with E-state index in [4.69, 9.17) is 16.7 Å². The molecule has 0 aliphatic rings. The monoisotopic (exact) mass is 211 g/mol. The van der Waals surface area contributed by atoms with Gasteiger partial charge in [-0.1, -0.05) is 11.6 Å². The fourth-order valence-corrected chi connectivity index (χ4v) is 0.828. The summed E-state index contributed by atoms with van der Waals surface area (Å²) in [6.45, 7) is 0. The Hall–Kier alpha value is -0.810. The number of rotatable bonds is 1. The first-order chi connectivity index (χ1) is 5.91. The summed E-state index contributed by atoms with van der Waals surface area (Å²) < 4.78 is 35.7. The van der Waals surface area contributed by atoms with E-state index in [9.17, 15) is 13.2 Å². The lowest BCUT2D eigenvalue weighted by Gasteiger charge is -2.13. The van der Waals surface area contributed by atoms with Gasteiger partial charge in [-0.15, -0.1) is 0 Å². The third-order valence-electron chi connectivity index (χ3n) is 1.34. The first-order valence-electron chi connectivity index (χ1n) is 3.27.